The zero-order chi connectivity index (χ0) is 8.15. The monoisotopic (exact) mass is 142 g/mol. The van der Waals surface area contributed by atoms with E-state index in [2.05, 4.69) is 20.8 Å². The molecule has 0 unspecified atom stereocenters. The Morgan fingerprint density at radius 2 is 1.80 bits per heavy atom. The number of carbonyl (C=O) groups excluding carboxylic acids is 1. The van der Waals surface area contributed by atoms with Crippen LogP contribution in [-0.2, 0) is 4.79 Å². The highest BCUT2D eigenvalue weighted by atomic mass is 16.1. The van der Waals surface area contributed by atoms with Crippen LogP contribution in [0.1, 0.15) is 40.5 Å². The van der Waals surface area contributed by atoms with Crippen LogP contribution in [0, 0.1) is 11.8 Å². The van der Waals surface area contributed by atoms with Gasteiger partial charge in [-0.25, -0.2) is 0 Å². The van der Waals surface area contributed by atoms with Crippen LogP contribution in [0.3, 0.4) is 0 Å². The van der Waals surface area contributed by atoms with Gasteiger partial charge in [0.25, 0.3) is 0 Å². The lowest BCUT2D eigenvalue weighted by atomic mass is 9.93. The SMILES string of the molecule is CC(=O)CC[C@H](C)C(C)C. The van der Waals surface area contributed by atoms with Gasteiger partial charge in [0.05, 0.1) is 0 Å². The zero-order valence-electron chi connectivity index (χ0n) is 7.48. The first-order chi connectivity index (χ1) is 4.54. The fourth-order valence-electron chi connectivity index (χ4n) is 0.764. The summed E-state index contributed by atoms with van der Waals surface area (Å²) in [5.41, 5.74) is 0. The van der Waals surface area contributed by atoms with Crippen molar-refractivity contribution >= 4 is 5.78 Å². The Hall–Kier alpha value is -0.330. The van der Waals surface area contributed by atoms with E-state index in [9.17, 15) is 4.79 Å². The van der Waals surface area contributed by atoms with Gasteiger partial charge in [0.2, 0.25) is 0 Å². The van der Waals surface area contributed by atoms with E-state index in [4.69, 9.17) is 0 Å². The molecule has 60 valence electrons. The largest absolute Gasteiger partial charge is 0.300 e. The van der Waals surface area contributed by atoms with Crippen LogP contribution in [0.5, 0.6) is 0 Å². The summed E-state index contributed by atoms with van der Waals surface area (Å²) in [4.78, 5) is 10.6. The van der Waals surface area contributed by atoms with E-state index in [0.717, 1.165) is 12.8 Å². The summed E-state index contributed by atoms with van der Waals surface area (Å²) in [6.07, 6.45) is 1.80. The number of hydrogen-bond acceptors (Lipinski definition) is 1. The first-order valence-corrected chi connectivity index (χ1v) is 4.03. The summed E-state index contributed by atoms with van der Waals surface area (Å²) in [6, 6.07) is 0. The number of hydrogen-bond donors (Lipinski definition) is 0. The predicted octanol–water partition coefficient (Wildman–Crippen LogP) is 2.65. The Balaban J connectivity index is 3.39. The smallest absolute Gasteiger partial charge is 0.129 e. The van der Waals surface area contributed by atoms with Crippen LogP contribution < -0.4 is 0 Å². The highest BCUT2D eigenvalue weighted by Crippen LogP contribution is 2.15. The molecule has 0 aliphatic rings. The molecule has 0 bridgehead atoms. The molecule has 0 aromatic carbocycles. The van der Waals surface area contributed by atoms with Crippen molar-refractivity contribution in [1.82, 2.24) is 0 Å². The quantitative estimate of drug-likeness (QED) is 0.589. The van der Waals surface area contributed by atoms with Crippen molar-refractivity contribution in [3.8, 4) is 0 Å². The second-order valence-electron chi connectivity index (χ2n) is 3.46. The Kier molecular flexibility index (Phi) is 4.33. The highest BCUT2D eigenvalue weighted by molar-refractivity contribution is 5.75. The van der Waals surface area contributed by atoms with Gasteiger partial charge in [-0.05, 0) is 25.2 Å². The molecule has 0 aliphatic heterocycles. The predicted molar refractivity (Wildman–Crippen MR) is 43.9 cm³/mol. The molecule has 10 heavy (non-hydrogen) atoms. The molecular weight excluding hydrogens is 124 g/mol. The normalized spacial score (nSPS) is 13.7. The third-order valence-corrected chi connectivity index (χ3v) is 2.09. The molecule has 0 rings (SSSR count). The van der Waals surface area contributed by atoms with Crippen molar-refractivity contribution < 1.29 is 4.79 Å². The van der Waals surface area contributed by atoms with Crippen molar-refractivity contribution in [2.45, 2.75) is 40.5 Å². The van der Waals surface area contributed by atoms with Crippen molar-refractivity contribution in [3.05, 3.63) is 0 Å². The Morgan fingerprint density at radius 3 is 2.10 bits per heavy atom. The van der Waals surface area contributed by atoms with E-state index < -0.39 is 0 Å². The van der Waals surface area contributed by atoms with Crippen molar-refractivity contribution in [2.24, 2.45) is 11.8 Å². The fourth-order valence-corrected chi connectivity index (χ4v) is 0.764. The molecule has 0 aliphatic carbocycles. The number of carbonyl (C=O) groups is 1. The summed E-state index contributed by atoms with van der Waals surface area (Å²) in [7, 11) is 0. The maximum Gasteiger partial charge on any atom is 0.129 e. The summed E-state index contributed by atoms with van der Waals surface area (Å²) >= 11 is 0. The minimum absolute atomic E-state index is 0.313. The molecule has 0 saturated carbocycles. The van der Waals surface area contributed by atoms with E-state index >= 15 is 0 Å². The Morgan fingerprint density at radius 1 is 1.30 bits per heavy atom. The van der Waals surface area contributed by atoms with Crippen LogP contribution >= 0.6 is 0 Å². The highest BCUT2D eigenvalue weighted by Gasteiger charge is 2.06. The van der Waals surface area contributed by atoms with E-state index in [1.807, 2.05) is 0 Å². The van der Waals surface area contributed by atoms with Gasteiger partial charge in [-0.3, -0.25) is 0 Å². The lowest BCUT2D eigenvalue weighted by molar-refractivity contribution is -0.117. The Labute approximate surface area is 63.8 Å². The van der Waals surface area contributed by atoms with E-state index in [-0.39, 0.29) is 0 Å². The van der Waals surface area contributed by atoms with Crippen molar-refractivity contribution in [2.75, 3.05) is 0 Å². The molecule has 0 spiro atoms. The summed E-state index contributed by atoms with van der Waals surface area (Å²) in [6.45, 7) is 8.26. The fraction of sp³-hybridized carbons (Fsp3) is 0.889. The van der Waals surface area contributed by atoms with Crippen molar-refractivity contribution in [1.29, 1.82) is 0 Å². The lowest BCUT2D eigenvalue weighted by Crippen LogP contribution is -2.05. The van der Waals surface area contributed by atoms with Crippen LogP contribution in [0.4, 0.5) is 0 Å². The third kappa shape index (κ3) is 4.54. The molecule has 0 saturated heterocycles. The average molecular weight is 142 g/mol. The second-order valence-corrected chi connectivity index (χ2v) is 3.46. The van der Waals surface area contributed by atoms with Crippen LogP contribution in [0.25, 0.3) is 0 Å². The number of Topliss-reactive ketones (excluding diaryl/α,β-unsaturated/α-hetero) is 1. The van der Waals surface area contributed by atoms with E-state index in [1.165, 1.54) is 0 Å². The Bertz CT molecular complexity index is 105. The summed E-state index contributed by atoms with van der Waals surface area (Å²) in [5, 5.41) is 0. The number of ketones is 1. The van der Waals surface area contributed by atoms with Crippen molar-refractivity contribution in [3.63, 3.8) is 0 Å². The third-order valence-electron chi connectivity index (χ3n) is 2.09. The van der Waals surface area contributed by atoms with Crippen LogP contribution in [0.15, 0.2) is 0 Å². The van der Waals surface area contributed by atoms with Crippen LogP contribution in [-0.4, -0.2) is 5.78 Å². The maximum absolute atomic E-state index is 10.6. The first-order valence-electron chi connectivity index (χ1n) is 4.03. The molecule has 0 aromatic heterocycles. The van der Waals surface area contributed by atoms with Gasteiger partial charge in [0.1, 0.15) is 5.78 Å². The van der Waals surface area contributed by atoms with E-state index in [0.29, 0.717) is 17.6 Å². The molecule has 0 heterocycles. The molecule has 1 heteroatoms. The van der Waals surface area contributed by atoms with E-state index in [1.54, 1.807) is 6.92 Å². The van der Waals surface area contributed by atoms with Gasteiger partial charge in [-0.2, -0.15) is 0 Å². The molecule has 0 aromatic rings. The average Bonchev–Trinajstić information content (AvgIpc) is 1.82. The van der Waals surface area contributed by atoms with Gasteiger partial charge in [0.15, 0.2) is 0 Å². The topological polar surface area (TPSA) is 17.1 Å². The van der Waals surface area contributed by atoms with Gasteiger partial charge in [-0.15, -0.1) is 0 Å². The molecular formula is C9H18O. The molecule has 0 N–H and O–H groups in total. The van der Waals surface area contributed by atoms with Gasteiger partial charge >= 0.3 is 0 Å². The maximum atomic E-state index is 10.6. The van der Waals surface area contributed by atoms with Crippen LogP contribution in [0.2, 0.25) is 0 Å². The molecule has 1 nitrogen and oxygen atoms in total. The first kappa shape index (κ1) is 9.67. The van der Waals surface area contributed by atoms with Gasteiger partial charge in [0, 0.05) is 6.42 Å². The minimum atomic E-state index is 0.313. The van der Waals surface area contributed by atoms with Gasteiger partial charge in [-0.1, -0.05) is 20.8 Å². The standard InChI is InChI=1S/C9H18O/c1-7(2)8(3)5-6-9(4)10/h7-8H,5-6H2,1-4H3/t8-/m0/s1. The molecule has 1 atom stereocenters. The lowest BCUT2D eigenvalue weighted by Gasteiger charge is -2.13. The second kappa shape index (κ2) is 4.48. The van der Waals surface area contributed by atoms with Gasteiger partial charge < -0.3 is 4.79 Å². The molecule has 0 amide bonds. The summed E-state index contributed by atoms with van der Waals surface area (Å²) in [5.74, 6) is 1.70. The molecule has 0 radical (unpaired) electrons. The zero-order valence-corrected chi connectivity index (χ0v) is 7.48. The molecule has 0 fully saturated rings. The summed E-state index contributed by atoms with van der Waals surface area (Å²) < 4.78 is 0. The minimum Gasteiger partial charge on any atom is -0.300 e. The number of rotatable bonds is 4.